The van der Waals surface area contributed by atoms with Crippen LogP contribution in [0.25, 0.3) is 27.7 Å². The van der Waals surface area contributed by atoms with E-state index in [1.165, 1.54) is 0 Å². The Morgan fingerprint density at radius 2 is 1.92 bits per heavy atom. The summed E-state index contributed by atoms with van der Waals surface area (Å²) >= 11 is 0. The van der Waals surface area contributed by atoms with Gasteiger partial charge in [0.15, 0.2) is 5.65 Å². The maximum absolute atomic E-state index is 9.32. The SMILES string of the molecule is CCN1CCN(c2ccc(Nc3cc(-c4ccc5c(CCO)c[nH]c5c4)cn4ccnc34)nc2)CC1. The average molecular weight is 482 g/mol. The number of nitrogens with one attached hydrogen (secondary N) is 2. The van der Waals surface area contributed by atoms with Gasteiger partial charge in [-0.05, 0) is 48.4 Å². The van der Waals surface area contributed by atoms with Crippen LogP contribution in [0.1, 0.15) is 12.5 Å². The third-order valence-corrected chi connectivity index (χ3v) is 7.16. The van der Waals surface area contributed by atoms with Gasteiger partial charge < -0.3 is 29.6 Å². The summed E-state index contributed by atoms with van der Waals surface area (Å²) in [4.78, 5) is 17.5. The Kier molecular flexibility index (Phi) is 6.04. The average Bonchev–Trinajstić information content (AvgIpc) is 3.56. The minimum Gasteiger partial charge on any atom is -0.396 e. The van der Waals surface area contributed by atoms with Gasteiger partial charge in [0.05, 0.1) is 17.6 Å². The van der Waals surface area contributed by atoms with Crippen LogP contribution < -0.4 is 10.2 Å². The summed E-state index contributed by atoms with van der Waals surface area (Å²) < 4.78 is 2.04. The summed E-state index contributed by atoms with van der Waals surface area (Å²) in [6, 6.07) is 12.7. The zero-order valence-electron chi connectivity index (χ0n) is 20.5. The molecule has 0 unspecified atom stereocenters. The van der Waals surface area contributed by atoms with E-state index in [0.717, 1.165) is 83.2 Å². The van der Waals surface area contributed by atoms with Gasteiger partial charge in [0.2, 0.25) is 0 Å². The van der Waals surface area contributed by atoms with Crippen LogP contribution in [0.15, 0.2) is 67.4 Å². The first kappa shape index (κ1) is 22.6. The summed E-state index contributed by atoms with van der Waals surface area (Å²) in [5, 5.41) is 14.0. The highest BCUT2D eigenvalue weighted by atomic mass is 16.2. The second-order valence-corrected chi connectivity index (χ2v) is 9.30. The molecule has 4 aromatic heterocycles. The molecule has 1 aliphatic heterocycles. The first-order chi connectivity index (χ1) is 17.7. The number of benzene rings is 1. The van der Waals surface area contributed by atoms with Gasteiger partial charge in [-0.1, -0.05) is 19.1 Å². The highest BCUT2D eigenvalue weighted by Crippen LogP contribution is 2.31. The number of aliphatic hydroxyl groups is 1. The molecule has 3 N–H and O–H groups in total. The van der Waals surface area contributed by atoms with E-state index in [1.807, 2.05) is 35.3 Å². The van der Waals surface area contributed by atoms with Crippen LogP contribution >= 0.6 is 0 Å². The van der Waals surface area contributed by atoms with Crippen LogP contribution in [0, 0.1) is 0 Å². The molecule has 8 nitrogen and oxygen atoms in total. The number of fused-ring (bicyclic) bond motifs is 2. The first-order valence-electron chi connectivity index (χ1n) is 12.6. The fraction of sp³-hybridized carbons (Fsp3) is 0.286. The lowest BCUT2D eigenvalue weighted by Gasteiger charge is -2.35. The van der Waals surface area contributed by atoms with Crippen LogP contribution in [0.3, 0.4) is 0 Å². The maximum Gasteiger partial charge on any atom is 0.160 e. The summed E-state index contributed by atoms with van der Waals surface area (Å²) in [6.07, 6.45) is 10.5. The van der Waals surface area contributed by atoms with Crippen molar-refractivity contribution in [3.8, 4) is 11.1 Å². The molecule has 0 aliphatic carbocycles. The molecule has 36 heavy (non-hydrogen) atoms. The number of pyridine rings is 2. The Morgan fingerprint density at radius 1 is 1.03 bits per heavy atom. The van der Waals surface area contributed by atoms with Crippen LogP contribution in [0.2, 0.25) is 0 Å². The lowest BCUT2D eigenvalue weighted by molar-refractivity contribution is 0.271. The van der Waals surface area contributed by atoms with E-state index in [0.29, 0.717) is 6.42 Å². The van der Waals surface area contributed by atoms with Gasteiger partial charge in [-0.2, -0.15) is 0 Å². The maximum atomic E-state index is 9.32. The normalized spacial score (nSPS) is 14.7. The largest absolute Gasteiger partial charge is 0.396 e. The van der Waals surface area contributed by atoms with Crippen LogP contribution in [0.5, 0.6) is 0 Å². The van der Waals surface area contributed by atoms with Gasteiger partial charge >= 0.3 is 0 Å². The highest BCUT2D eigenvalue weighted by molar-refractivity contribution is 5.89. The lowest BCUT2D eigenvalue weighted by atomic mass is 10.0. The number of nitrogens with zero attached hydrogens (tertiary/aromatic N) is 5. The summed E-state index contributed by atoms with van der Waals surface area (Å²) in [5.41, 5.74) is 7.30. The molecule has 5 heterocycles. The Bertz CT molecular complexity index is 1480. The molecular formula is C28H31N7O. The van der Waals surface area contributed by atoms with Crippen LogP contribution in [-0.4, -0.2) is 68.7 Å². The fourth-order valence-electron chi connectivity index (χ4n) is 5.08. The molecule has 6 rings (SSSR count). The van der Waals surface area contributed by atoms with Crippen molar-refractivity contribution in [1.29, 1.82) is 0 Å². The van der Waals surface area contributed by atoms with Crippen molar-refractivity contribution in [3.05, 3.63) is 72.9 Å². The van der Waals surface area contributed by atoms with Gasteiger partial charge in [0, 0.05) is 74.0 Å². The Morgan fingerprint density at radius 3 is 2.69 bits per heavy atom. The number of hydrogen-bond donors (Lipinski definition) is 3. The minimum atomic E-state index is 0.144. The van der Waals surface area contributed by atoms with Crippen molar-refractivity contribution in [3.63, 3.8) is 0 Å². The van der Waals surface area contributed by atoms with E-state index in [1.54, 1.807) is 0 Å². The molecule has 0 amide bonds. The number of H-pyrrole nitrogens is 1. The quantitative estimate of drug-likeness (QED) is 0.322. The van der Waals surface area contributed by atoms with Crippen molar-refractivity contribution in [1.82, 2.24) is 24.3 Å². The second kappa shape index (κ2) is 9.64. The van der Waals surface area contributed by atoms with Gasteiger partial charge in [0.25, 0.3) is 0 Å². The summed E-state index contributed by atoms with van der Waals surface area (Å²) in [7, 11) is 0. The molecule has 1 saturated heterocycles. The van der Waals surface area contributed by atoms with Crippen LogP contribution in [0.4, 0.5) is 17.2 Å². The van der Waals surface area contributed by atoms with Gasteiger partial charge in [-0.25, -0.2) is 9.97 Å². The summed E-state index contributed by atoms with van der Waals surface area (Å²) in [5.74, 6) is 0.793. The predicted octanol–water partition coefficient (Wildman–Crippen LogP) is 4.30. The number of rotatable bonds is 7. The molecule has 0 radical (unpaired) electrons. The number of piperazine rings is 1. The molecule has 0 bridgehead atoms. The number of aromatic amines is 1. The molecular weight excluding hydrogens is 450 g/mol. The highest BCUT2D eigenvalue weighted by Gasteiger charge is 2.16. The van der Waals surface area contributed by atoms with E-state index in [4.69, 9.17) is 4.98 Å². The molecule has 0 atom stereocenters. The zero-order chi connectivity index (χ0) is 24.5. The van der Waals surface area contributed by atoms with E-state index in [9.17, 15) is 5.11 Å². The monoisotopic (exact) mass is 481 g/mol. The van der Waals surface area contributed by atoms with Gasteiger partial charge in [-0.3, -0.25) is 0 Å². The number of likely N-dealkylation sites (N-methyl/N-ethyl adjacent to an activating group) is 1. The van der Waals surface area contributed by atoms with Crippen molar-refractivity contribution in [2.45, 2.75) is 13.3 Å². The standard InChI is InChI=1S/C28H31N7O/c1-2-33-10-12-34(13-11-33)23-4-6-27(31-18-23)32-26-16-22(19-35-9-8-29-28(26)35)20-3-5-24-21(7-14-36)17-30-25(24)15-20/h3-6,8-9,15-19,30,36H,2,7,10-14H2,1H3,(H,31,32). The Hall–Kier alpha value is -3.88. The van der Waals surface area contributed by atoms with Crippen LogP contribution in [-0.2, 0) is 6.42 Å². The molecule has 0 saturated carbocycles. The fourth-order valence-corrected chi connectivity index (χ4v) is 5.08. The minimum absolute atomic E-state index is 0.144. The second-order valence-electron chi connectivity index (χ2n) is 9.30. The lowest BCUT2D eigenvalue weighted by Crippen LogP contribution is -2.46. The van der Waals surface area contributed by atoms with Gasteiger partial charge in [0.1, 0.15) is 5.82 Å². The first-order valence-corrected chi connectivity index (χ1v) is 12.6. The molecule has 8 heteroatoms. The van der Waals surface area contributed by atoms with E-state index in [-0.39, 0.29) is 6.61 Å². The number of aliphatic hydroxyl groups excluding tert-OH is 1. The molecule has 1 fully saturated rings. The Labute approximate surface area is 210 Å². The number of hydrogen-bond acceptors (Lipinski definition) is 6. The van der Waals surface area contributed by atoms with Crippen molar-refractivity contribution in [2.75, 3.05) is 49.5 Å². The van der Waals surface area contributed by atoms with E-state index >= 15 is 0 Å². The molecule has 184 valence electrons. The van der Waals surface area contributed by atoms with E-state index < -0.39 is 0 Å². The molecule has 1 aliphatic rings. The third kappa shape index (κ3) is 4.29. The summed E-state index contributed by atoms with van der Waals surface area (Å²) in [6.45, 7) is 7.73. The molecule has 0 spiro atoms. The smallest absolute Gasteiger partial charge is 0.160 e. The number of anilines is 3. The van der Waals surface area contributed by atoms with E-state index in [2.05, 4.69) is 68.5 Å². The number of imidazole rings is 1. The van der Waals surface area contributed by atoms with Crippen molar-refractivity contribution >= 4 is 33.7 Å². The predicted molar refractivity (Wildman–Crippen MR) is 145 cm³/mol. The van der Waals surface area contributed by atoms with Crippen molar-refractivity contribution < 1.29 is 5.11 Å². The Balaban J connectivity index is 1.27. The molecule has 5 aromatic rings. The van der Waals surface area contributed by atoms with Crippen molar-refractivity contribution in [2.24, 2.45) is 0 Å². The zero-order valence-corrected chi connectivity index (χ0v) is 20.5. The van der Waals surface area contributed by atoms with Gasteiger partial charge in [-0.15, -0.1) is 0 Å². The number of aromatic nitrogens is 4. The topological polar surface area (TPSA) is 84.7 Å². The third-order valence-electron chi connectivity index (χ3n) is 7.16. The molecule has 1 aromatic carbocycles.